The molecule has 140 valence electrons. The molecule has 2 aromatic carbocycles. The van der Waals surface area contributed by atoms with Crippen molar-refractivity contribution in [3.8, 4) is 11.8 Å². The van der Waals surface area contributed by atoms with Crippen molar-refractivity contribution in [2.24, 2.45) is 0 Å². The Kier molecular flexibility index (Phi) is 8.19. The van der Waals surface area contributed by atoms with Gasteiger partial charge >= 0.3 is 0 Å². The van der Waals surface area contributed by atoms with Crippen molar-refractivity contribution in [3.05, 3.63) is 63.6 Å². The SMILES string of the molecule is CCCCCOc1ccc(/C=C(\C#N)C(=O)Nc2cccc(Cl)c2Cl)cc1. The number of anilines is 1. The highest BCUT2D eigenvalue weighted by molar-refractivity contribution is 6.44. The van der Waals surface area contributed by atoms with E-state index < -0.39 is 5.91 Å². The predicted octanol–water partition coefficient (Wildman–Crippen LogP) is 6.11. The summed E-state index contributed by atoms with van der Waals surface area (Å²) in [6.45, 7) is 2.82. The van der Waals surface area contributed by atoms with Gasteiger partial charge < -0.3 is 10.1 Å². The third kappa shape index (κ3) is 6.32. The number of nitrogens with one attached hydrogen (secondary N) is 1. The van der Waals surface area contributed by atoms with Crippen LogP contribution in [-0.2, 0) is 4.79 Å². The van der Waals surface area contributed by atoms with E-state index in [2.05, 4.69) is 12.2 Å². The van der Waals surface area contributed by atoms with Gasteiger partial charge in [-0.3, -0.25) is 4.79 Å². The van der Waals surface area contributed by atoms with Gasteiger partial charge in [-0.25, -0.2) is 0 Å². The van der Waals surface area contributed by atoms with E-state index >= 15 is 0 Å². The van der Waals surface area contributed by atoms with E-state index in [4.69, 9.17) is 27.9 Å². The van der Waals surface area contributed by atoms with Crippen LogP contribution in [0.25, 0.3) is 6.08 Å². The van der Waals surface area contributed by atoms with Gasteiger partial charge in [-0.05, 0) is 42.3 Å². The Bertz CT molecular complexity index is 855. The van der Waals surface area contributed by atoms with Gasteiger partial charge in [0.25, 0.3) is 5.91 Å². The zero-order valence-electron chi connectivity index (χ0n) is 15.0. The molecule has 0 aliphatic carbocycles. The van der Waals surface area contributed by atoms with E-state index in [0.717, 1.165) is 30.6 Å². The number of nitriles is 1. The van der Waals surface area contributed by atoms with E-state index in [0.29, 0.717) is 17.3 Å². The van der Waals surface area contributed by atoms with Gasteiger partial charge in [-0.1, -0.05) is 61.2 Å². The predicted molar refractivity (Wildman–Crippen MR) is 110 cm³/mol. The van der Waals surface area contributed by atoms with Gasteiger partial charge in [0.15, 0.2) is 0 Å². The molecule has 0 aliphatic heterocycles. The highest BCUT2D eigenvalue weighted by Crippen LogP contribution is 2.29. The lowest BCUT2D eigenvalue weighted by Crippen LogP contribution is -2.13. The summed E-state index contributed by atoms with van der Waals surface area (Å²) < 4.78 is 5.65. The van der Waals surface area contributed by atoms with Gasteiger partial charge in [0.2, 0.25) is 0 Å². The number of hydrogen-bond acceptors (Lipinski definition) is 3. The molecule has 0 saturated carbocycles. The maximum absolute atomic E-state index is 12.4. The summed E-state index contributed by atoms with van der Waals surface area (Å²) in [6.07, 6.45) is 4.81. The molecular formula is C21H20Cl2N2O2. The van der Waals surface area contributed by atoms with Crippen LogP contribution in [0, 0.1) is 11.3 Å². The van der Waals surface area contributed by atoms with Crippen LogP contribution in [0.3, 0.4) is 0 Å². The summed E-state index contributed by atoms with van der Waals surface area (Å²) in [4.78, 5) is 12.4. The van der Waals surface area contributed by atoms with Crippen molar-refractivity contribution >= 4 is 40.9 Å². The number of amides is 1. The van der Waals surface area contributed by atoms with Gasteiger partial charge in [0.05, 0.1) is 22.3 Å². The largest absolute Gasteiger partial charge is 0.494 e. The normalized spacial score (nSPS) is 11.0. The minimum absolute atomic E-state index is 0.0392. The summed E-state index contributed by atoms with van der Waals surface area (Å²) in [5, 5.41) is 12.5. The Labute approximate surface area is 169 Å². The maximum Gasteiger partial charge on any atom is 0.266 e. The van der Waals surface area contributed by atoms with Crippen LogP contribution in [0.5, 0.6) is 5.75 Å². The van der Waals surface area contributed by atoms with Crippen molar-refractivity contribution in [2.45, 2.75) is 26.2 Å². The third-order valence-electron chi connectivity index (χ3n) is 3.77. The summed E-state index contributed by atoms with van der Waals surface area (Å²) in [6, 6.07) is 14.0. The standard InChI is InChI=1S/C21H20Cl2N2O2/c1-2-3-4-12-27-17-10-8-15(9-11-17)13-16(14-24)21(26)25-19-7-5-6-18(22)20(19)23/h5-11,13H,2-4,12H2,1H3,(H,25,26)/b16-13+. The Morgan fingerprint density at radius 1 is 1.19 bits per heavy atom. The summed E-state index contributed by atoms with van der Waals surface area (Å²) in [7, 11) is 0. The number of halogens is 2. The second-order valence-electron chi connectivity index (χ2n) is 5.85. The molecular weight excluding hydrogens is 383 g/mol. The number of carbonyl (C=O) groups is 1. The number of carbonyl (C=O) groups excluding carboxylic acids is 1. The Hall–Kier alpha value is -2.48. The smallest absolute Gasteiger partial charge is 0.266 e. The second-order valence-corrected chi connectivity index (χ2v) is 6.64. The average Bonchev–Trinajstić information content (AvgIpc) is 2.68. The number of benzene rings is 2. The van der Waals surface area contributed by atoms with E-state index in [-0.39, 0.29) is 10.6 Å². The fourth-order valence-corrected chi connectivity index (χ4v) is 2.66. The first kappa shape index (κ1) is 20.8. The fraction of sp³-hybridized carbons (Fsp3) is 0.238. The van der Waals surface area contributed by atoms with Crippen LogP contribution < -0.4 is 10.1 Å². The van der Waals surface area contributed by atoms with Crippen LogP contribution in [-0.4, -0.2) is 12.5 Å². The van der Waals surface area contributed by atoms with Crippen LogP contribution >= 0.6 is 23.2 Å². The lowest BCUT2D eigenvalue weighted by molar-refractivity contribution is -0.112. The monoisotopic (exact) mass is 402 g/mol. The van der Waals surface area contributed by atoms with Crippen LogP contribution in [0.1, 0.15) is 31.7 Å². The summed E-state index contributed by atoms with van der Waals surface area (Å²) in [5.74, 6) is 0.207. The van der Waals surface area contributed by atoms with Gasteiger partial charge in [-0.15, -0.1) is 0 Å². The molecule has 0 radical (unpaired) electrons. The fourth-order valence-electron chi connectivity index (χ4n) is 2.31. The van der Waals surface area contributed by atoms with E-state index in [1.807, 2.05) is 18.2 Å². The topological polar surface area (TPSA) is 62.1 Å². The molecule has 0 spiro atoms. The molecule has 0 aliphatic rings. The van der Waals surface area contributed by atoms with Gasteiger partial charge in [0.1, 0.15) is 17.4 Å². The summed E-state index contributed by atoms with van der Waals surface area (Å²) >= 11 is 12.0. The molecule has 0 heterocycles. The Balaban J connectivity index is 2.05. The highest BCUT2D eigenvalue weighted by atomic mass is 35.5. The maximum atomic E-state index is 12.4. The molecule has 1 amide bonds. The summed E-state index contributed by atoms with van der Waals surface area (Å²) in [5.41, 5.74) is 1.04. The van der Waals surface area contributed by atoms with E-state index in [9.17, 15) is 10.1 Å². The Morgan fingerprint density at radius 3 is 2.59 bits per heavy atom. The zero-order valence-corrected chi connectivity index (χ0v) is 16.5. The number of nitrogens with zero attached hydrogens (tertiary/aromatic N) is 1. The highest BCUT2D eigenvalue weighted by Gasteiger charge is 2.12. The molecule has 1 N–H and O–H groups in total. The molecule has 0 saturated heterocycles. The van der Waals surface area contributed by atoms with E-state index in [1.54, 1.807) is 30.3 Å². The number of unbranched alkanes of at least 4 members (excludes halogenated alkanes) is 2. The molecule has 27 heavy (non-hydrogen) atoms. The van der Waals surface area contributed by atoms with Crippen molar-refractivity contribution in [2.75, 3.05) is 11.9 Å². The van der Waals surface area contributed by atoms with Gasteiger partial charge in [-0.2, -0.15) is 5.26 Å². The van der Waals surface area contributed by atoms with Crippen molar-refractivity contribution in [1.29, 1.82) is 5.26 Å². The molecule has 6 heteroatoms. The van der Waals surface area contributed by atoms with Crippen LogP contribution in [0.2, 0.25) is 10.0 Å². The lowest BCUT2D eigenvalue weighted by atomic mass is 10.1. The quantitative estimate of drug-likeness (QED) is 0.329. The Morgan fingerprint density at radius 2 is 1.93 bits per heavy atom. The minimum Gasteiger partial charge on any atom is -0.494 e. The molecule has 0 atom stereocenters. The van der Waals surface area contributed by atoms with Crippen LogP contribution in [0.15, 0.2) is 48.0 Å². The average molecular weight is 403 g/mol. The number of ether oxygens (including phenoxy) is 1. The minimum atomic E-state index is -0.554. The number of hydrogen-bond donors (Lipinski definition) is 1. The molecule has 0 bridgehead atoms. The van der Waals surface area contributed by atoms with Crippen molar-refractivity contribution in [3.63, 3.8) is 0 Å². The zero-order chi connectivity index (χ0) is 19.6. The molecule has 2 aromatic rings. The second kappa shape index (κ2) is 10.6. The van der Waals surface area contributed by atoms with E-state index in [1.165, 1.54) is 6.08 Å². The molecule has 0 fully saturated rings. The lowest BCUT2D eigenvalue weighted by Gasteiger charge is -2.08. The first-order valence-electron chi connectivity index (χ1n) is 8.65. The molecule has 2 rings (SSSR count). The van der Waals surface area contributed by atoms with Crippen molar-refractivity contribution in [1.82, 2.24) is 0 Å². The first-order chi connectivity index (χ1) is 13.0. The first-order valence-corrected chi connectivity index (χ1v) is 9.40. The molecule has 4 nitrogen and oxygen atoms in total. The van der Waals surface area contributed by atoms with Crippen LogP contribution in [0.4, 0.5) is 5.69 Å². The number of rotatable bonds is 8. The molecule has 0 unspecified atom stereocenters. The third-order valence-corrected chi connectivity index (χ3v) is 4.59. The van der Waals surface area contributed by atoms with Crippen molar-refractivity contribution < 1.29 is 9.53 Å². The van der Waals surface area contributed by atoms with Gasteiger partial charge in [0, 0.05) is 0 Å². The molecule has 0 aromatic heterocycles.